The molecule has 2 atom stereocenters. The predicted octanol–water partition coefficient (Wildman–Crippen LogP) is 4.10. The van der Waals surface area contributed by atoms with E-state index in [9.17, 15) is 4.79 Å². The van der Waals surface area contributed by atoms with E-state index in [4.69, 9.17) is 14.2 Å². The highest BCUT2D eigenvalue weighted by Gasteiger charge is 2.36. The second kappa shape index (κ2) is 9.65. The van der Waals surface area contributed by atoms with Gasteiger partial charge in [0, 0.05) is 31.2 Å². The molecule has 0 aromatic heterocycles. The maximum Gasteiger partial charge on any atom is 0.254 e. The van der Waals surface area contributed by atoms with Crippen LogP contribution < -0.4 is 14.2 Å². The van der Waals surface area contributed by atoms with Gasteiger partial charge in [0.25, 0.3) is 5.91 Å². The number of hydrogen-bond donors (Lipinski definition) is 0. The minimum absolute atomic E-state index is 0.0317. The topological polar surface area (TPSA) is 51.2 Å². The monoisotopic (exact) mass is 436 g/mol. The van der Waals surface area contributed by atoms with Crippen LogP contribution in [0.2, 0.25) is 0 Å². The molecule has 0 radical (unpaired) electrons. The molecule has 2 heterocycles. The van der Waals surface area contributed by atoms with E-state index in [2.05, 4.69) is 37.1 Å². The van der Waals surface area contributed by atoms with Crippen molar-refractivity contribution in [3.05, 3.63) is 59.2 Å². The third-order valence-electron chi connectivity index (χ3n) is 6.37. The summed E-state index contributed by atoms with van der Waals surface area (Å²) in [5.74, 6) is 1.58. The van der Waals surface area contributed by atoms with Gasteiger partial charge in [-0.2, -0.15) is 0 Å². The molecule has 1 amide bonds. The molecule has 2 aliphatic rings. The van der Waals surface area contributed by atoms with Gasteiger partial charge >= 0.3 is 0 Å². The molecule has 2 aliphatic heterocycles. The standard InChI is InChI=1S/C26H32N2O4/c1-18(14-19-8-6-5-7-9-19)17-28-13-10-21-22(11-12-27(21)2)32-24-16-20(26(28)29)15-23(30-3)25(24)31-4/h5-9,14-16,21-22H,10-13,17H2,1-4H3/b18-14+. The first-order chi connectivity index (χ1) is 15.5. The van der Waals surface area contributed by atoms with E-state index in [0.717, 1.165) is 30.5 Å². The number of hydrogen-bond acceptors (Lipinski definition) is 5. The minimum atomic E-state index is -0.0317. The number of carbonyl (C=O) groups excluding carboxylic acids is 1. The van der Waals surface area contributed by atoms with Crippen LogP contribution in [-0.2, 0) is 0 Å². The van der Waals surface area contributed by atoms with Gasteiger partial charge in [0.15, 0.2) is 11.5 Å². The molecule has 4 rings (SSSR count). The second-order valence-corrected chi connectivity index (χ2v) is 8.62. The smallest absolute Gasteiger partial charge is 0.254 e. The quantitative estimate of drug-likeness (QED) is 0.706. The summed E-state index contributed by atoms with van der Waals surface area (Å²) in [6.45, 7) is 4.28. The zero-order valence-electron chi connectivity index (χ0n) is 19.3. The molecule has 2 aromatic carbocycles. The van der Waals surface area contributed by atoms with Crippen LogP contribution in [0.5, 0.6) is 17.2 Å². The Bertz CT molecular complexity index is 989. The maximum atomic E-state index is 13.6. The number of rotatable bonds is 5. The number of methoxy groups -OCH3 is 2. The van der Waals surface area contributed by atoms with E-state index in [1.807, 2.05) is 23.1 Å². The van der Waals surface area contributed by atoms with E-state index in [1.165, 1.54) is 0 Å². The number of nitrogens with zero attached hydrogens (tertiary/aromatic N) is 2. The molecule has 2 unspecified atom stereocenters. The van der Waals surface area contributed by atoms with Crippen molar-refractivity contribution in [2.75, 3.05) is 40.9 Å². The summed E-state index contributed by atoms with van der Waals surface area (Å²) in [5, 5.41) is 0. The molecule has 0 saturated carbocycles. The van der Waals surface area contributed by atoms with E-state index >= 15 is 0 Å². The Morgan fingerprint density at radius 3 is 2.62 bits per heavy atom. The number of fused-ring (bicyclic) bond motifs is 3. The predicted molar refractivity (Wildman–Crippen MR) is 126 cm³/mol. The molecule has 2 aromatic rings. The Balaban J connectivity index is 1.70. The molecule has 170 valence electrons. The molecule has 6 nitrogen and oxygen atoms in total. The van der Waals surface area contributed by atoms with E-state index in [1.54, 1.807) is 26.4 Å². The van der Waals surface area contributed by atoms with Crippen molar-refractivity contribution in [1.82, 2.24) is 9.80 Å². The summed E-state index contributed by atoms with van der Waals surface area (Å²) in [5.41, 5.74) is 2.82. The fraction of sp³-hybridized carbons (Fsp3) is 0.423. The SMILES string of the molecule is COc1cc2cc(c1OC)OC1CCN(C)C1CCN(C/C(C)=C/c1ccccc1)C2=O. The zero-order chi connectivity index (χ0) is 22.7. The molecule has 0 N–H and O–H groups in total. The van der Waals surface area contributed by atoms with Crippen LogP contribution in [0.25, 0.3) is 6.08 Å². The molecule has 1 fully saturated rings. The van der Waals surface area contributed by atoms with Crippen molar-refractivity contribution in [3.63, 3.8) is 0 Å². The summed E-state index contributed by atoms with van der Waals surface area (Å²) in [4.78, 5) is 17.9. The number of likely N-dealkylation sites (N-methyl/N-ethyl adjacent to an activating group) is 1. The van der Waals surface area contributed by atoms with Crippen molar-refractivity contribution in [1.29, 1.82) is 0 Å². The number of ether oxygens (including phenoxy) is 3. The lowest BCUT2D eigenvalue weighted by Crippen LogP contribution is -2.42. The number of likely N-dealkylation sites (tertiary alicyclic amines) is 1. The third-order valence-corrected chi connectivity index (χ3v) is 6.37. The van der Waals surface area contributed by atoms with Crippen molar-refractivity contribution < 1.29 is 19.0 Å². The lowest BCUT2D eigenvalue weighted by atomic mass is 10.0. The number of carbonyl (C=O) groups is 1. The van der Waals surface area contributed by atoms with Gasteiger partial charge in [0.1, 0.15) is 6.10 Å². The van der Waals surface area contributed by atoms with Gasteiger partial charge in [-0.05, 0) is 44.5 Å². The van der Waals surface area contributed by atoms with E-state index < -0.39 is 0 Å². The fourth-order valence-electron chi connectivity index (χ4n) is 4.72. The Kier molecular flexibility index (Phi) is 6.70. The summed E-state index contributed by atoms with van der Waals surface area (Å²) in [6.07, 6.45) is 3.98. The first kappa shape index (κ1) is 22.2. The highest BCUT2D eigenvalue weighted by molar-refractivity contribution is 5.96. The van der Waals surface area contributed by atoms with Gasteiger partial charge < -0.3 is 19.1 Å². The zero-order valence-corrected chi connectivity index (χ0v) is 19.3. The van der Waals surface area contributed by atoms with Crippen LogP contribution >= 0.6 is 0 Å². The lowest BCUT2D eigenvalue weighted by molar-refractivity contribution is 0.0721. The summed E-state index contributed by atoms with van der Waals surface area (Å²) in [6, 6.07) is 14.0. The van der Waals surface area contributed by atoms with Gasteiger partial charge in [-0.15, -0.1) is 0 Å². The highest BCUT2D eigenvalue weighted by Crippen LogP contribution is 2.41. The first-order valence-electron chi connectivity index (χ1n) is 11.1. The summed E-state index contributed by atoms with van der Waals surface area (Å²) < 4.78 is 17.5. The summed E-state index contributed by atoms with van der Waals surface area (Å²) >= 11 is 0. The van der Waals surface area contributed by atoms with E-state index in [-0.39, 0.29) is 18.1 Å². The molecule has 0 aliphatic carbocycles. The Hall–Kier alpha value is -2.99. The van der Waals surface area contributed by atoms with Crippen molar-refractivity contribution in [3.8, 4) is 17.2 Å². The van der Waals surface area contributed by atoms with Crippen molar-refractivity contribution >= 4 is 12.0 Å². The van der Waals surface area contributed by atoms with Crippen LogP contribution in [-0.4, -0.2) is 68.8 Å². The minimum Gasteiger partial charge on any atom is -0.493 e. The lowest BCUT2D eigenvalue weighted by Gasteiger charge is -2.32. The average molecular weight is 437 g/mol. The van der Waals surface area contributed by atoms with Gasteiger partial charge in [-0.1, -0.05) is 42.0 Å². The number of benzene rings is 2. The largest absolute Gasteiger partial charge is 0.493 e. The second-order valence-electron chi connectivity index (χ2n) is 8.62. The summed E-state index contributed by atoms with van der Waals surface area (Å²) in [7, 11) is 5.31. The van der Waals surface area contributed by atoms with Crippen LogP contribution in [0, 0.1) is 0 Å². The molecular weight excluding hydrogens is 404 g/mol. The van der Waals surface area contributed by atoms with Gasteiger partial charge in [-0.25, -0.2) is 0 Å². The molecule has 32 heavy (non-hydrogen) atoms. The first-order valence-corrected chi connectivity index (χ1v) is 11.1. The van der Waals surface area contributed by atoms with Crippen LogP contribution in [0.15, 0.2) is 48.0 Å². The van der Waals surface area contributed by atoms with Crippen LogP contribution in [0.4, 0.5) is 0 Å². The van der Waals surface area contributed by atoms with E-state index in [0.29, 0.717) is 35.9 Å². The van der Waals surface area contributed by atoms with Crippen LogP contribution in [0.1, 0.15) is 35.7 Å². The Morgan fingerprint density at radius 2 is 1.91 bits per heavy atom. The molecule has 1 saturated heterocycles. The maximum absolute atomic E-state index is 13.6. The van der Waals surface area contributed by atoms with Crippen LogP contribution in [0.3, 0.4) is 0 Å². The third kappa shape index (κ3) is 4.60. The molecule has 0 spiro atoms. The number of amides is 1. The molecule has 6 heteroatoms. The average Bonchev–Trinajstić information content (AvgIpc) is 3.14. The van der Waals surface area contributed by atoms with Crippen molar-refractivity contribution in [2.45, 2.75) is 31.9 Å². The fourth-order valence-corrected chi connectivity index (χ4v) is 4.72. The van der Waals surface area contributed by atoms with Gasteiger partial charge in [0.05, 0.1) is 14.2 Å². The molecular formula is C26H32N2O4. The Morgan fingerprint density at radius 1 is 1.12 bits per heavy atom. The molecule has 2 bridgehead atoms. The van der Waals surface area contributed by atoms with Crippen molar-refractivity contribution in [2.24, 2.45) is 0 Å². The van der Waals surface area contributed by atoms with Gasteiger partial charge in [-0.3, -0.25) is 9.69 Å². The van der Waals surface area contributed by atoms with Gasteiger partial charge in [0.2, 0.25) is 5.75 Å². The normalized spacial score (nSPS) is 21.7. The highest BCUT2D eigenvalue weighted by atomic mass is 16.5. The Labute approximate surface area is 190 Å².